The first-order valence-electron chi connectivity index (χ1n) is 6.54. The van der Waals surface area contributed by atoms with Gasteiger partial charge in [-0.2, -0.15) is 5.10 Å². The highest BCUT2D eigenvalue weighted by Crippen LogP contribution is 2.30. The summed E-state index contributed by atoms with van der Waals surface area (Å²) in [6.07, 6.45) is -4.88. The molecule has 1 amide bonds. The zero-order valence-corrected chi connectivity index (χ0v) is 11.9. The number of carbonyl (C=O) groups excluding carboxylic acids is 1. The molecule has 0 bridgehead atoms. The van der Waals surface area contributed by atoms with Crippen molar-refractivity contribution in [1.29, 1.82) is 0 Å². The Bertz CT molecular complexity index is 772. The van der Waals surface area contributed by atoms with Crippen molar-refractivity contribution in [3.63, 3.8) is 0 Å². The third-order valence-corrected chi connectivity index (χ3v) is 2.76. The number of halogens is 3. The van der Waals surface area contributed by atoms with E-state index in [1.165, 1.54) is 24.3 Å². The Hall–Kier alpha value is -2.84. The quantitative estimate of drug-likeness (QED) is 0.936. The molecule has 2 rings (SSSR count). The number of para-hydroxylation sites is 2. The van der Waals surface area contributed by atoms with E-state index in [2.05, 4.69) is 15.2 Å². The molecule has 0 atom stereocenters. The van der Waals surface area contributed by atoms with E-state index in [1.54, 1.807) is 6.92 Å². The van der Waals surface area contributed by atoms with Crippen molar-refractivity contribution in [3.05, 3.63) is 52.4 Å². The third-order valence-electron chi connectivity index (χ3n) is 2.76. The number of rotatable bonds is 4. The smallest absolute Gasteiger partial charge is 0.404 e. The molecule has 1 N–H and O–H groups in total. The molecule has 23 heavy (non-hydrogen) atoms. The van der Waals surface area contributed by atoms with Crippen LogP contribution in [0.3, 0.4) is 0 Å². The van der Waals surface area contributed by atoms with E-state index in [0.29, 0.717) is 0 Å². The average Bonchev–Trinajstić information content (AvgIpc) is 2.48. The van der Waals surface area contributed by atoms with Crippen molar-refractivity contribution in [2.45, 2.75) is 19.8 Å². The second-order valence-corrected chi connectivity index (χ2v) is 4.37. The Morgan fingerprint density at radius 2 is 1.96 bits per heavy atom. The maximum Gasteiger partial charge on any atom is 0.573 e. The number of nitrogens with one attached hydrogen (secondary N) is 1. The summed E-state index contributed by atoms with van der Waals surface area (Å²) in [5.74, 6) is -1.30. The fraction of sp³-hybridized carbons (Fsp3) is 0.214. The van der Waals surface area contributed by atoms with Gasteiger partial charge >= 0.3 is 6.36 Å². The van der Waals surface area contributed by atoms with E-state index in [-0.39, 0.29) is 23.5 Å². The van der Waals surface area contributed by atoms with Crippen LogP contribution in [0.5, 0.6) is 5.75 Å². The first-order chi connectivity index (χ1) is 10.8. The zero-order valence-electron chi connectivity index (χ0n) is 11.9. The summed E-state index contributed by atoms with van der Waals surface area (Å²) >= 11 is 0. The number of aromatic nitrogens is 2. The summed E-state index contributed by atoms with van der Waals surface area (Å²) in [6.45, 7) is 1.93. The van der Waals surface area contributed by atoms with Crippen LogP contribution in [-0.2, 0) is 6.54 Å². The minimum atomic E-state index is -4.88. The lowest BCUT2D eigenvalue weighted by atomic mass is 10.2. The molecule has 1 heterocycles. The zero-order chi connectivity index (χ0) is 17.0. The summed E-state index contributed by atoms with van der Waals surface area (Å²) in [5.41, 5.74) is -0.649. The van der Waals surface area contributed by atoms with E-state index in [9.17, 15) is 22.8 Å². The van der Waals surface area contributed by atoms with Gasteiger partial charge in [0, 0.05) is 12.6 Å². The Morgan fingerprint density at radius 1 is 1.26 bits per heavy atom. The first kappa shape index (κ1) is 16.5. The molecule has 6 nitrogen and oxygen atoms in total. The maximum absolute atomic E-state index is 12.3. The number of nitrogens with zero attached hydrogens (tertiary/aromatic N) is 2. The molecule has 0 spiro atoms. The topological polar surface area (TPSA) is 73.2 Å². The molecule has 9 heteroatoms. The summed E-state index contributed by atoms with van der Waals surface area (Å²) in [4.78, 5) is 23.5. The minimum absolute atomic E-state index is 0.103. The van der Waals surface area contributed by atoms with Crippen LogP contribution in [0.15, 0.2) is 41.2 Å². The molecule has 0 radical (unpaired) electrons. The Kier molecular flexibility index (Phi) is 4.68. The number of carbonyl (C=O) groups is 1. The number of alkyl halides is 3. The highest BCUT2D eigenvalue weighted by molar-refractivity contribution is 6.03. The molecular formula is C14H12F3N3O3. The molecule has 0 saturated heterocycles. The number of hydrogen-bond donors (Lipinski definition) is 1. The number of aryl methyl sites for hydroxylation is 1. The monoisotopic (exact) mass is 327 g/mol. The average molecular weight is 327 g/mol. The fourth-order valence-corrected chi connectivity index (χ4v) is 1.77. The van der Waals surface area contributed by atoms with Gasteiger partial charge in [0.05, 0.1) is 5.69 Å². The summed E-state index contributed by atoms with van der Waals surface area (Å²) in [5, 5.41) is 6.10. The first-order valence-corrected chi connectivity index (χ1v) is 6.54. The maximum atomic E-state index is 12.3. The van der Waals surface area contributed by atoms with Gasteiger partial charge in [-0.1, -0.05) is 12.1 Å². The van der Waals surface area contributed by atoms with Crippen LogP contribution < -0.4 is 15.6 Å². The second kappa shape index (κ2) is 6.51. The van der Waals surface area contributed by atoms with Gasteiger partial charge in [-0.05, 0) is 25.1 Å². The summed E-state index contributed by atoms with van der Waals surface area (Å²) < 4.78 is 41.9. The lowest BCUT2D eigenvalue weighted by Crippen LogP contribution is -2.25. The highest BCUT2D eigenvalue weighted by Gasteiger charge is 2.32. The third kappa shape index (κ3) is 4.31. The molecule has 122 valence electrons. The van der Waals surface area contributed by atoms with E-state index >= 15 is 0 Å². The van der Waals surface area contributed by atoms with Crippen LogP contribution in [-0.4, -0.2) is 22.1 Å². The van der Waals surface area contributed by atoms with Gasteiger partial charge in [0.25, 0.3) is 11.5 Å². The minimum Gasteiger partial charge on any atom is -0.404 e. The largest absolute Gasteiger partial charge is 0.573 e. The Balaban J connectivity index is 2.26. The molecule has 0 fully saturated rings. The SMILES string of the molecule is CCn1nc(C(=O)Nc2ccccc2OC(F)(F)F)ccc1=O. The van der Waals surface area contributed by atoms with Crippen LogP contribution in [0, 0.1) is 0 Å². The predicted molar refractivity (Wildman–Crippen MR) is 75.2 cm³/mol. The van der Waals surface area contributed by atoms with Gasteiger partial charge < -0.3 is 10.1 Å². The van der Waals surface area contributed by atoms with Crippen molar-refractivity contribution < 1.29 is 22.7 Å². The van der Waals surface area contributed by atoms with Crippen molar-refractivity contribution in [3.8, 4) is 5.75 Å². The van der Waals surface area contributed by atoms with E-state index in [1.807, 2.05) is 0 Å². The van der Waals surface area contributed by atoms with Crippen LogP contribution in [0.4, 0.5) is 18.9 Å². The second-order valence-electron chi connectivity index (χ2n) is 4.37. The van der Waals surface area contributed by atoms with E-state index in [0.717, 1.165) is 16.8 Å². The Morgan fingerprint density at radius 3 is 2.61 bits per heavy atom. The molecule has 2 aromatic rings. The van der Waals surface area contributed by atoms with E-state index < -0.39 is 18.0 Å². The van der Waals surface area contributed by atoms with Gasteiger partial charge in [0.1, 0.15) is 5.69 Å². The molecule has 1 aromatic carbocycles. The molecule has 0 unspecified atom stereocenters. The van der Waals surface area contributed by atoms with Gasteiger partial charge in [0.15, 0.2) is 5.75 Å². The van der Waals surface area contributed by atoms with Gasteiger partial charge in [-0.3, -0.25) is 9.59 Å². The molecular weight excluding hydrogens is 315 g/mol. The number of anilines is 1. The highest BCUT2D eigenvalue weighted by atomic mass is 19.4. The van der Waals surface area contributed by atoms with Crippen molar-refractivity contribution in [2.24, 2.45) is 0 Å². The molecule has 0 aliphatic rings. The number of amides is 1. The summed E-state index contributed by atoms with van der Waals surface area (Å²) in [7, 11) is 0. The van der Waals surface area contributed by atoms with Crippen LogP contribution in [0.1, 0.15) is 17.4 Å². The van der Waals surface area contributed by atoms with Gasteiger partial charge in [-0.15, -0.1) is 13.2 Å². The van der Waals surface area contributed by atoms with Gasteiger partial charge in [0.2, 0.25) is 0 Å². The fourth-order valence-electron chi connectivity index (χ4n) is 1.77. The molecule has 1 aromatic heterocycles. The lowest BCUT2D eigenvalue weighted by molar-refractivity contribution is -0.274. The molecule has 0 saturated carbocycles. The number of hydrogen-bond acceptors (Lipinski definition) is 4. The Labute approximate surface area is 128 Å². The normalized spacial score (nSPS) is 11.1. The van der Waals surface area contributed by atoms with Crippen LogP contribution in [0.2, 0.25) is 0 Å². The van der Waals surface area contributed by atoms with Crippen molar-refractivity contribution >= 4 is 11.6 Å². The number of ether oxygens (including phenoxy) is 1. The lowest BCUT2D eigenvalue weighted by Gasteiger charge is -2.13. The predicted octanol–water partition coefficient (Wildman–Crippen LogP) is 2.41. The molecule has 0 aliphatic carbocycles. The van der Waals surface area contributed by atoms with Crippen molar-refractivity contribution in [1.82, 2.24) is 9.78 Å². The number of benzene rings is 1. The van der Waals surface area contributed by atoms with Gasteiger partial charge in [-0.25, -0.2) is 4.68 Å². The summed E-state index contributed by atoms with van der Waals surface area (Å²) in [6, 6.07) is 7.46. The molecule has 0 aliphatic heterocycles. The standard InChI is InChI=1S/C14H12F3N3O3/c1-2-20-12(21)8-7-10(19-20)13(22)18-9-5-3-4-6-11(9)23-14(15,16)17/h3-8H,2H2,1H3,(H,18,22). The van der Waals surface area contributed by atoms with Crippen LogP contribution >= 0.6 is 0 Å². The van der Waals surface area contributed by atoms with Crippen LogP contribution in [0.25, 0.3) is 0 Å². The van der Waals surface area contributed by atoms with Crippen molar-refractivity contribution in [2.75, 3.05) is 5.32 Å². The van der Waals surface area contributed by atoms with E-state index in [4.69, 9.17) is 0 Å².